The summed E-state index contributed by atoms with van der Waals surface area (Å²) in [5, 5.41) is 0.722. The average Bonchev–Trinajstić information content (AvgIpc) is 2.23. The number of carbonyl (C=O) groups excluding carboxylic acids is 1. The lowest BCUT2D eigenvalue weighted by atomic mass is 10.1. The highest BCUT2D eigenvalue weighted by Crippen LogP contribution is 2.22. The van der Waals surface area contributed by atoms with Crippen LogP contribution >= 0.6 is 23.4 Å². The molecule has 0 aliphatic rings. The van der Waals surface area contributed by atoms with Crippen LogP contribution in [0.1, 0.15) is 26.7 Å². The van der Waals surface area contributed by atoms with Gasteiger partial charge >= 0.3 is 0 Å². The zero-order valence-electron chi connectivity index (χ0n) is 9.70. The van der Waals surface area contributed by atoms with Crippen LogP contribution in [-0.2, 0) is 4.79 Å². The monoisotopic (exact) mass is 256 g/mol. The zero-order chi connectivity index (χ0) is 12.0. The normalized spacial score (nSPS) is 10.8. The van der Waals surface area contributed by atoms with Crippen molar-refractivity contribution < 1.29 is 4.79 Å². The van der Waals surface area contributed by atoms with Gasteiger partial charge in [-0.15, -0.1) is 11.8 Å². The van der Waals surface area contributed by atoms with Crippen LogP contribution in [0, 0.1) is 5.92 Å². The molecular formula is C13H17ClOS. The van der Waals surface area contributed by atoms with Crippen molar-refractivity contribution >= 4 is 29.1 Å². The van der Waals surface area contributed by atoms with E-state index in [0.29, 0.717) is 23.9 Å². The van der Waals surface area contributed by atoms with Crippen LogP contribution in [0.4, 0.5) is 0 Å². The number of benzene rings is 1. The standard InChI is InChI=1S/C13H17ClOS/c1-10(2)6-7-12(15)9-16-13-5-3-4-11(14)8-13/h3-5,8,10H,6-7,9H2,1-2H3. The summed E-state index contributed by atoms with van der Waals surface area (Å²) in [6.45, 7) is 4.27. The summed E-state index contributed by atoms with van der Waals surface area (Å²) < 4.78 is 0. The first kappa shape index (κ1) is 13.6. The number of ketones is 1. The van der Waals surface area contributed by atoms with Crippen LogP contribution in [0.3, 0.4) is 0 Å². The number of hydrogen-bond donors (Lipinski definition) is 0. The molecule has 0 aliphatic heterocycles. The minimum atomic E-state index is 0.318. The van der Waals surface area contributed by atoms with Crippen LogP contribution in [0.2, 0.25) is 5.02 Å². The SMILES string of the molecule is CC(C)CCC(=O)CSc1cccc(Cl)c1. The molecule has 0 saturated carbocycles. The number of Topliss-reactive ketones (excluding diaryl/α,β-unsaturated/α-hetero) is 1. The van der Waals surface area contributed by atoms with Gasteiger partial charge in [0.25, 0.3) is 0 Å². The lowest BCUT2D eigenvalue weighted by Crippen LogP contribution is -2.03. The molecule has 0 amide bonds. The Bertz CT molecular complexity index is 350. The highest BCUT2D eigenvalue weighted by Gasteiger charge is 2.05. The van der Waals surface area contributed by atoms with E-state index in [2.05, 4.69) is 13.8 Å². The predicted molar refractivity (Wildman–Crippen MR) is 71.3 cm³/mol. The van der Waals surface area contributed by atoms with Gasteiger partial charge in [0.1, 0.15) is 5.78 Å². The van der Waals surface area contributed by atoms with Gasteiger partial charge in [0.2, 0.25) is 0 Å². The van der Waals surface area contributed by atoms with Crippen molar-refractivity contribution in [1.29, 1.82) is 0 Å². The summed E-state index contributed by atoms with van der Waals surface area (Å²) in [6.07, 6.45) is 1.67. The van der Waals surface area contributed by atoms with Gasteiger partial charge in [0.15, 0.2) is 0 Å². The Labute approximate surface area is 107 Å². The highest BCUT2D eigenvalue weighted by atomic mass is 35.5. The summed E-state index contributed by atoms with van der Waals surface area (Å²) in [4.78, 5) is 12.6. The molecule has 1 aromatic carbocycles. The number of thioether (sulfide) groups is 1. The molecule has 0 N–H and O–H groups in total. The molecule has 0 spiro atoms. The van der Waals surface area contributed by atoms with E-state index >= 15 is 0 Å². The second-order valence-corrected chi connectivity index (χ2v) is 5.70. The molecule has 0 aliphatic carbocycles. The Morgan fingerprint density at radius 2 is 2.19 bits per heavy atom. The molecular weight excluding hydrogens is 240 g/mol. The fourth-order valence-corrected chi connectivity index (χ4v) is 2.35. The Morgan fingerprint density at radius 3 is 2.81 bits per heavy atom. The van der Waals surface area contributed by atoms with Gasteiger partial charge in [-0.3, -0.25) is 4.79 Å². The fraction of sp³-hybridized carbons (Fsp3) is 0.462. The molecule has 1 rings (SSSR count). The van der Waals surface area contributed by atoms with E-state index < -0.39 is 0 Å². The first-order valence-electron chi connectivity index (χ1n) is 5.48. The minimum Gasteiger partial charge on any atom is -0.299 e. The van der Waals surface area contributed by atoms with Gasteiger partial charge in [-0.1, -0.05) is 31.5 Å². The first-order chi connectivity index (χ1) is 7.58. The van der Waals surface area contributed by atoms with E-state index in [1.165, 1.54) is 0 Å². The maximum absolute atomic E-state index is 11.6. The number of carbonyl (C=O) groups is 1. The molecule has 1 aromatic rings. The van der Waals surface area contributed by atoms with E-state index in [1.54, 1.807) is 11.8 Å². The summed E-state index contributed by atoms with van der Waals surface area (Å²) in [5.74, 6) is 1.46. The maximum atomic E-state index is 11.6. The van der Waals surface area contributed by atoms with Gasteiger partial charge < -0.3 is 0 Å². The van der Waals surface area contributed by atoms with Crippen molar-refractivity contribution in [3.63, 3.8) is 0 Å². The molecule has 0 aromatic heterocycles. The third-order valence-corrected chi connectivity index (χ3v) is 3.49. The van der Waals surface area contributed by atoms with Gasteiger partial charge in [-0.25, -0.2) is 0 Å². The Morgan fingerprint density at radius 1 is 1.44 bits per heavy atom. The Hall–Kier alpha value is -0.470. The summed E-state index contributed by atoms with van der Waals surface area (Å²) in [5.41, 5.74) is 0. The number of rotatable bonds is 6. The predicted octanol–water partition coefficient (Wildman–Crippen LogP) is 4.44. The van der Waals surface area contributed by atoms with E-state index in [0.717, 1.165) is 16.3 Å². The van der Waals surface area contributed by atoms with Crippen LogP contribution in [0.25, 0.3) is 0 Å². The molecule has 88 valence electrons. The lowest BCUT2D eigenvalue weighted by molar-refractivity contribution is -0.116. The van der Waals surface area contributed by atoms with Crippen molar-refractivity contribution in [3.05, 3.63) is 29.3 Å². The largest absolute Gasteiger partial charge is 0.299 e. The topological polar surface area (TPSA) is 17.1 Å². The third-order valence-electron chi connectivity index (χ3n) is 2.20. The van der Waals surface area contributed by atoms with Crippen LogP contribution in [-0.4, -0.2) is 11.5 Å². The Kier molecular flexibility index (Phi) is 5.93. The summed E-state index contributed by atoms with van der Waals surface area (Å²) >= 11 is 7.42. The lowest BCUT2D eigenvalue weighted by Gasteiger charge is -2.04. The molecule has 0 bridgehead atoms. The molecule has 0 saturated heterocycles. The minimum absolute atomic E-state index is 0.318. The average molecular weight is 257 g/mol. The molecule has 16 heavy (non-hydrogen) atoms. The second-order valence-electron chi connectivity index (χ2n) is 4.22. The first-order valence-corrected chi connectivity index (χ1v) is 6.84. The number of hydrogen-bond acceptors (Lipinski definition) is 2. The zero-order valence-corrected chi connectivity index (χ0v) is 11.3. The molecule has 1 nitrogen and oxygen atoms in total. The molecule has 0 radical (unpaired) electrons. The number of halogens is 1. The molecule has 3 heteroatoms. The maximum Gasteiger partial charge on any atom is 0.143 e. The van der Waals surface area contributed by atoms with E-state index in [1.807, 2.05) is 24.3 Å². The van der Waals surface area contributed by atoms with Crippen molar-refractivity contribution in [2.45, 2.75) is 31.6 Å². The van der Waals surface area contributed by atoms with E-state index in [-0.39, 0.29) is 0 Å². The summed E-state index contributed by atoms with van der Waals surface area (Å²) in [6, 6.07) is 7.61. The smallest absolute Gasteiger partial charge is 0.143 e. The second kappa shape index (κ2) is 6.97. The van der Waals surface area contributed by atoms with E-state index in [4.69, 9.17) is 11.6 Å². The Balaban J connectivity index is 2.31. The third kappa shape index (κ3) is 5.57. The molecule has 0 heterocycles. The quantitative estimate of drug-likeness (QED) is 0.700. The van der Waals surface area contributed by atoms with Crippen molar-refractivity contribution in [1.82, 2.24) is 0 Å². The summed E-state index contributed by atoms with van der Waals surface area (Å²) in [7, 11) is 0. The van der Waals surface area contributed by atoms with Crippen molar-refractivity contribution in [2.75, 3.05) is 5.75 Å². The van der Waals surface area contributed by atoms with Gasteiger partial charge in [-0.05, 0) is 30.5 Å². The van der Waals surface area contributed by atoms with Gasteiger partial charge in [0, 0.05) is 16.3 Å². The van der Waals surface area contributed by atoms with Gasteiger partial charge in [0.05, 0.1) is 5.75 Å². The highest BCUT2D eigenvalue weighted by molar-refractivity contribution is 8.00. The van der Waals surface area contributed by atoms with Crippen LogP contribution in [0.15, 0.2) is 29.2 Å². The molecule has 0 fully saturated rings. The molecule has 0 unspecified atom stereocenters. The van der Waals surface area contributed by atoms with Crippen LogP contribution in [0.5, 0.6) is 0 Å². The molecule has 0 atom stereocenters. The van der Waals surface area contributed by atoms with Crippen LogP contribution < -0.4 is 0 Å². The van der Waals surface area contributed by atoms with Crippen molar-refractivity contribution in [3.8, 4) is 0 Å². The van der Waals surface area contributed by atoms with Crippen molar-refractivity contribution in [2.24, 2.45) is 5.92 Å². The van der Waals surface area contributed by atoms with Gasteiger partial charge in [-0.2, -0.15) is 0 Å². The van der Waals surface area contributed by atoms with E-state index in [9.17, 15) is 4.79 Å². The fourth-order valence-electron chi connectivity index (χ4n) is 1.24.